The van der Waals surface area contributed by atoms with Crippen molar-refractivity contribution >= 4 is 11.9 Å². The van der Waals surface area contributed by atoms with E-state index in [9.17, 15) is 9.59 Å². The van der Waals surface area contributed by atoms with Gasteiger partial charge in [-0.1, -0.05) is 26.0 Å². The fourth-order valence-electron chi connectivity index (χ4n) is 2.16. The molecule has 2 rings (SSSR count). The van der Waals surface area contributed by atoms with Gasteiger partial charge in [0, 0.05) is 12.8 Å². The molecular formula is C19H23N3O6. The molecule has 28 heavy (non-hydrogen) atoms. The summed E-state index contributed by atoms with van der Waals surface area (Å²) in [6.45, 7) is 3.48. The molecule has 0 spiro atoms. The number of methoxy groups -OCH3 is 2. The second-order valence-electron chi connectivity index (χ2n) is 5.55. The number of aromatic nitrogens is 2. The van der Waals surface area contributed by atoms with Crippen LogP contribution in [0.5, 0.6) is 23.5 Å². The van der Waals surface area contributed by atoms with Crippen LogP contribution in [0.1, 0.15) is 37.0 Å². The Hall–Kier alpha value is -3.36. The minimum Gasteiger partial charge on any atom is -0.481 e. The van der Waals surface area contributed by atoms with Crippen LogP contribution in [0.2, 0.25) is 0 Å². The minimum absolute atomic E-state index is 0.0408. The number of hydrogen-bond donors (Lipinski definition) is 1. The van der Waals surface area contributed by atoms with Crippen LogP contribution in [0.4, 0.5) is 0 Å². The third-order valence-electron chi connectivity index (χ3n) is 3.64. The lowest BCUT2D eigenvalue weighted by Gasteiger charge is -2.18. The number of nitrogens with zero attached hydrogens (tertiary/aromatic N) is 2. The zero-order valence-corrected chi connectivity index (χ0v) is 16.2. The second-order valence-corrected chi connectivity index (χ2v) is 5.55. The standard InChI is InChI=1S/C19H23N3O6/c1-5-14(28-17(23)6-2)20-18(24)12-9-7-8-10-13(12)27-19-21-15(25-3)11-16(22-19)26-4/h7-11,14H,5-6H2,1-4H3,(H,20,24)/t14-/m1/s1. The molecule has 9 nitrogen and oxygen atoms in total. The SMILES string of the molecule is CCC(=O)O[C@H](CC)NC(=O)c1ccccc1Oc1nc(OC)cc(OC)n1. The number of ether oxygens (including phenoxy) is 4. The first kappa shape index (κ1) is 20.9. The quantitative estimate of drug-likeness (QED) is 0.515. The van der Waals surface area contributed by atoms with E-state index in [-0.39, 0.29) is 35.5 Å². The number of carbonyl (C=O) groups is 2. The lowest BCUT2D eigenvalue weighted by Crippen LogP contribution is -2.38. The van der Waals surface area contributed by atoms with Gasteiger partial charge in [-0.25, -0.2) is 0 Å². The number of carbonyl (C=O) groups excluding carboxylic acids is 2. The molecule has 9 heteroatoms. The number of amides is 1. The van der Waals surface area contributed by atoms with E-state index in [1.165, 1.54) is 20.3 Å². The molecule has 0 unspecified atom stereocenters. The van der Waals surface area contributed by atoms with Gasteiger partial charge in [0.2, 0.25) is 11.8 Å². The first-order valence-electron chi connectivity index (χ1n) is 8.74. The third-order valence-corrected chi connectivity index (χ3v) is 3.64. The molecule has 2 aromatic rings. The minimum atomic E-state index is -0.735. The van der Waals surface area contributed by atoms with Crippen LogP contribution in [0, 0.1) is 0 Å². The van der Waals surface area contributed by atoms with E-state index in [2.05, 4.69) is 15.3 Å². The topological polar surface area (TPSA) is 109 Å². The van der Waals surface area contributed by atoms with Crippen LogP contribution < -0.4 is 19.5 Å². The summed E-state index contributed by atoms with van der Waals surface area (Å²) in [4.78, 5) is 32.3. The number of benzene rings is 1. The molecule has 0 bridgehead atoms. The molecule has 0 radical (unpaired) electrons. The van der Waals surface area contributed by atoms with Crippen molar-refractivity contribution in [3.63, 3.8) is 0 Å². The Balaban J connectivity index is 2.23. The Morgan fingerprint density at radius 2 is 1.71 bits per heavy atom. The van der Waals surface area contributed by atoms with Crippen LogP contribution >= 0.6 is 0 Å². The van der Waals surface area contributed by atoms with E-state index in [1.807, 2.05) is 0 Å². The van der Waals surface area contributed by atoms with Crippen molar-refractivity contribution in [1.29, 1.82) is 0 Å². The molecular weight excluding hydrogens is 366 g/mol. The van der Waals surface area contributed by atoms with Gasteiger partial charge in [0.1, 0.15) is 5.75 Å². The number of esters is 1. The van der Waals surface area contributed by atoms with Crippen molar-refractivity contribution in [3.8, 4) is 23.5 Å². The maximum Gasteiger partial charge on any atom is 0.328 e. The molecule has 0 fully saturated rings. The number of rotatable bonds is 9. The monoisotopic (exact) mass is 389 g/mol. The maximum atomic E-state index is 12.7. The van der Waals surface area contributed by atoms with Crippen molar-refractivity contribution < 1.29 is 28.5 Å². The Labute approximate surface area is 163 Å². The predicted molar refractivity (Wildman–Crippen MR) is 99.6 cm³/mol. The van der Waals surface area contributed by atoms with Gasteiger partial charge in [0.15, 0.2) is 6.23 Å². The summed E-state index contributed by atoms with van der Waals surface area (Å²) in [7, 11) is 2.91. The van der Waals surface area contributed by atoms with E-state index in [4.69, 9.17) is 18.9 Å². The van der Waals surface area contributed by atoms with Crippen molar-refractivity contribution in [2.75, 3.05) is 14.2 Å². The Kier molecular flexibility index (Phi) is 7.55. The lowest BCUT2D eigenvalue weighted by molar-refractivity contribution is -0.149. The molecule has 1 aromatic carbocycles. The summed E-state index contributed by atoms with van der Waals surface area (Å²) in [5.41, 5.74) is 0.235. The van der Waals surface area contributed by atoms with Crippen LogP contribution in [-0.4, -0.2) is 42.3 Å². The van der Waals surface area contributed by atoms with Gasteiger partial charge in [-0.15, -0.1) is 0 Å². The average molecular weight is 389 g/mol. The zero-order valence-electron chi connectivity index (χ0n) is 16.2. The van der Waals surface area contributed by atoms with Crippen molar-refractivity contribution in [2.24, 2.45) is 0 Å². The zero-order chi connectivity index (χ0) is 20.5. The number of nitrogens with one attached hydrogen (secondary N) is 1. The van der Waals surface area contributed by atoms with Crippen LogP contribution in [-0.2, 0) is 9.53 Å². The molecule has 0 aliphatic carbocycles. The second kappa shape index (κ2) is 10.1. The van der Waals surface area contributed by atoms with Crippen LogP contribution in [0.3, 0.4) is 0 Å². The first-order valence-corrected chi connectivity index (χ1v) is 8.74. The molecule has 1 atom stereocenters. The Morgan fingerprint density at radius 3 is 2.29 bits per heavy atom. The number of hydrogen-bond acceptors (Lipinski definition) is 8. The Bertz CT molecular complexity index is 805. The lowest BCUT2D eigenvalue weighted by atomic mass is 10.2. The molecule has 0 aliphatic rings. The summed E-state index contributed by atoms with van der Waals surface area (Å²) >= 11 is 0. The smallest absolute Gasteiger partial charge is 0.328 e. The summed E-state index contributed by atoms with van der Waals surface area (Å²) in [6.07, 6.45) is -0.0845. The van der Waals surface area contributed by atoms with Crippen LogP contribution in [0.15, 0.2) is 30.3 Å². The van der Waals surface area contributed by atoms with Gasteiger partial charge >= 0.3 is 12.0 Å². The maximum absolute atomic E-state index is 12.7. The molecule has 1 aromatic heterocycles. The molecule has 0 saturated carbocycles. The van der Waals surface area contributed by atoms with E-state index >= 15 is 0 Å². The highest BCUT2D eigenvalue weighted by atomic mass is 16.6. The molecule has 0 saturated heterocycles. The highest BCUT2D eigenvalue weighted by molar-refractivity contribution is 5.97. The summed E-state index contributed by atoms with van der Waals surface area (Å²) in [6, 6.07) is 8.03. The van der Waals surface area contributed by atoms with E-state index in [1.54, 1.807) is 38.1 Å². The highest BCUT2D eigenvalue weighted by Crippen LogP contribution is 2.26. The first-order chi connectivity index (χ1) is 13.5. The predicted octanol–water partition coefficient (Wildman–Crippen LogP) is 2.71. The highest BCUT2D eigenvalue weighted by Gasteiger charge is 2.19. The normalized spacial score (nSPS) is 11.3. The molecule has 150 valence electrons. The van der Waals surface area contributed by atoms with Crippen molar-refractivity contribution in [1.82, 2.24) is 15.3 Å². The summed E-state index contributed by atoms with van der Waals surface area (Å²) in [5, 5.41) is 2.67. The van der Waals surface area contributed by atoms with Crippen molar-refractivity contribution in [2.45, 2.75) is 32.9 Å². The molecule has 1 heterocycles. The van der Waals surface area contributed by atoms with Gasteiger partial charge in [-0.05, 0) is 12.1 Å². The fraction of sp³-hybridized carbons (Fsp3) is 0.368. The molecule has 0 aliphatic heterocycles. The van der Waals surface area contributed by atoms with Crippen LogP contribution in [0.25, 0.3) is 0 Å². The summed E-state index contributed by atoms with van der Waals surface area (Å²) < 4.78 is 21.0. The molecule has 1 N–H and O–H groups in total. The van der Waals surface area contributed by atoms with Gasteiger partial charge in [-0.3, -0.25) is 9.59 Å². The van der Waals surface area contributed by atoms with E-state index < -0.39 is 18.1 Å². The largest absolute Gasteiger partial charge is 0.481 e. The van der Waals surface area contributed by atoms with Gasteiger partial charge in [0.05, 0.1) is 25.8 Å². The number of para-hydroxylation sites is 1. The van der Waals surface area contributed by atoms with Gasteiger partial charge < -0.3 is 24.3 Å². The fourth-order valence-corrected chi connectivity index (χ4v) is 2.16. The van der Waals surface area contributed by atoms with E-state index in [0.717, 1.165) is 0 Å². The average Bonchev–Trinajstić information content (AvgIpc) is 2.72. The van der Waals surface area contributed by atoms with Gasteiger partial charge in [0.25, 0.3) is 5.91 Å². The van der Waals surface area contributed by atoms with Crippen molar-refractivity contribution in [3.05, 3.63) is 35.9 Å². The Morgan fingerprint density at radius 1 is 1.07 bits per heavy atom. The third kappa shape index (κ3) is 5.57. The summed E-state index contributed by atoms with van der Waals surface area (Å²) in [5.74, 6) is -0.121. The van der Waals surface area contributed by atoms with E-state index in [0.29, 0.717) is 6.42 Å². The molecule has 1 amide bonds. The van der Waals surface area contributed by atoms with Gasteiger partial charge in [-0.2, -0.15) is 9.97 Å².